The summed E-state index contributed by atoms with van der Waals surface area (Å²) in [4.78, 5) is 17.3. The first-order chi connectivity index (χ1) is 13.6. The van der Waals surface area contributed by atoms with Crippen molar-refractivity contribution in [3.63, 3.8) is 0 Å². The van der Waals surface area contributed by atoms with Crippen LogP contribution in [0.1, 0.15) is 28.8 Å². The van der Waals surface area contributed by atoms with E-state index in [2.05, 4.69) is 20.5 Å². The summed E-state index contributed by atoms with van der Waals surface area (Å²) >= 11 is 0. The van der Waals surface area contributed by atoms with Crippen LogP contribution in [0, 0.1) is 12.8 Å². The van der Waals surface area contributed by atoms with Crippen molar-refractivity contribution in [3.05, 3.63) is 48.0 Å². The molecule has 28 heavy (non-hydrogen) atoms. The maximum atomic E-state index is 12.9. The Balaban J connectivity index is 1.49. The van der Waals surface area contributed by atoms with E-state index in [1.54, 1.807) is 15.4 Å². The Kier molecular flexibility index (Phi) is 3.78. The van der Waals surface area contributed by atoms with E-state index in [9.17, 15) is 4.79 Å². The molecule has 1 amide bonds. The molecule has 8 heteroatoms. The fraction of sp³-hybridized carbons (Fsp3) is 0.300. The van der Waals surface area contributed by atoms with Crippen LogP contribution < -0.4 is 10.1 Å². The number of hydrogen-bond donors (Lipinski definition) is 1. The second-order valence-electron chi connectivity index (χ2n) is 7.38. The first kappa shape index (κ1) is 16.7. The zero-order valence-corrected chi connectivity index (χ0v) is 15.7. The van der Waals surface area contributed by atoms with Gasteiger partial charge in [-0.15, -0.1) is 0 Å². The molecule has 142 valence electrons. The number of carbonyl (C=O) groups is 1. The number of amides is 1. The summed E-state index contributed by atoms with van der Waals surface area (Å²) < 4.78 is 9.36. The lowest BCUT2D eigenvalue weighted by Crippen LogP contribution is -2.13. The third-order valence-electron chi connectivity index (χ3n) is 4.87. The number of carbonyl (C=O) groups excluding carboxylic acids is 1. The van der Waals surface area contributed by atoms with Crippen molar-refractivity contribution in [2.24, 2.45) is 13.0 Å². The first-order valence-electron chi connectivity index (χ1n) is 9.28. The molecule has 5 rings (SSSR count). The van der Waals surface area contributed by atoms with Crippen molar-refractivity contribution in [3.8, 4) is 5.75 Å². The average Bonchev–Trinajstić information content (AvgIpc) is 3.28. The highest BCUT2D eigenvalue weighted by atomic mass is 16.5. The van der Waals surface area contributed by atoms with E-state index < -0.39 is 0 Å². The third kappa shape index (κ3) is 3.06. The highest BCUT2D eigenvalue weighted by Gasteiger charge is 2.23. The minimum Gasteiger partial charge on any atom is -0.491 e. The molecule has 1 fully saturated rings. The summed E-state index contributed by atoms with van der Waals surface area (Å²) in [5.41, 5.74) is 3.36. The molecule has 8 nitrogen and oxygen atoms in total. The summed E-state index contributed by atoms with van der Waals surface area (Å²) in [5, 5.41) is 12.6. The number of rotatable bonds is 5. The molecule has 0 saturated heterocycles. The van der Waals surface area contributed by atoms with Gasteiger partial charge in [-0.05, 0) is 37.3 Å². The quantitative estimate of drug-likeness (QED) is 0.579. The standard InChI is InChI=1S/C20H20N6O2/c1-12-7-21-19-15(8-22-26(19)9-12)20(27)23-17-5-14-10-25(2)24-16(14)6-18(17)28-11-13-3-4-13/h5-10,13H,3-4,11H2,1-2H3,(H,23,27). The SMILES string of the molecule is Cc1cnc2c(C(=O)Nc3cc4cn(C)nc4cc3OCC3CC3)cnn2c1. The number of nitrogens with zero attached hydrogens (tertiary/aromatic N) is 5. The minimum absolute atomic E-state index is 0.272. The predicted molar refractivity (Wildman–Crippen MR) is 105 cm³/mol. The summed E-state index contributed by atoms with van der Waals surface area (Å²) in [6, 6.07) is 3.77. The van der Waals surface area contributed by atoms with Crippen LogP contribution in [0.15, 0.2) is 36.9 Å². The lowest BCUT2D eigenvalue weighted by atomic mass is 10.2. The fourth-order valence-electron chi connectivity index (χ4n) is 3.20. The maximum Gasteiger partial charge on any atom is 0.261 e. The molecule has 1 aromatic carbocycles. The van der Waals surface area contributed by atoms with Gasteiger partial charge in [-0.2, -0.15) is 10.2 Å². The summed E-state index contributed by atoms with van der Waals surface area (Å²) in [6.45, 7) is 2.58. The van der Waals surface area contributed by atoms with Crippen LogP contribution in [0.25, 0.3) is 16.6 Å². The second kappa shape index (κ2) is 6.33. The number of benzene rings is 1. The van der Waals surface area contributed by atoms with Gasteiger partial charge in [0.25, 0.3) is 5.91 Å². The largest absolute Gasteiger partial charge is 0.491 e. The van der Waals surface area contributed by atoms with E-state index in [1.165, 1.54) is 19.0 Å². The molecular weight excluding hydrogens is 356 g/mol. The van der Waals surface area contributed by atoms with Crippen LogP contribution in [0.4, 0.5) is 5.69 Å². The Labute approximate surface area is 161 Å². The molecule has 0 unspecified atom stereocenters. The highest BCUT2D eigenvalue weighted by Crippen LogP contribution is 2.34. The Bertz CT molecular complexity index is 1200. The Hall–Kier alpha value is -3.42. The van der Waals surface area contributed by atoms with Crippen molar-refractivity contribution in [2.45, 2.75) is 19.8 Å². The Morgan fingerprint density at radius 1 is 1.29 bits per heavy atom. The monoisotopic (exact) mass is 376 g/mol. The van der Waals surface area contributed by atoms with E-state index >= 15 is 0 Å². The summed E-state index contributed by atoms with van der Waals surface area (Å²) in [7, 11) is 1.87. The van der Waals surface area contributed by atoms with Gasteiger partial charge in [0.05, 0.1) is 24.0 Å². The topological polar surface area (TPSA) is 86.3 Å². The molecule has 0 atom stereocenters. The fourth-order valence-corrected chi connectivity index (χ4v) is 3.20. The zero-order valence-electron chi connectivity index (χ0n) is 15.7. The second-order valence-corrected chi connectivity index (χ2v) is 7.38. The van der Waals surface area contributed by atoms with E-state index in [4.69, 9.17) is 4.74 Å². The number of anilines is 1. The van der Waals surface area contributed by atoms with Gasteiger partial charge in [0.2, 0.25) is 0 Å². The molecule has 0 aliphatic heterocycles. The maximum absolute atomic E-state index is 12.9. The van der Waals surface area contributed by atoms with Gasteiger partial charge in [0.1, 0.15) is 11.3 Å². The molecule has 0 bridgehead atoms. The first-order valence-corrected chi connectivity index (χ1v) is 9.28. The van der Waals surface area contributed by atoms with Crippen LogP contribution in [0.3, 0.4) is 0 Å². The van der Waals surface area contributed by atoms with Crippen molar-refractivity contribution >= 4 is 28.1 Å². The molecule has 0 spiro atoms. The lowest BCUT2D eigenvalue weighted by Gasteiger charge is -2.12. The number of aryl methyl sites for hydroxylation is 2. The van der Waals surface area contributed by atoms with Crippen LogP contribution in [-0.2, 0) is 7.05 Å². The highest BCUT2D eigenvalue weighted by molar-refractivity contribution is 6.09. The van der Waals surface area contributed by atoms with Crippen molar-refractivity contribution in [1.29, 1.82) is 0 Å². The number of aromatic nitrogens is 5. The molecule has 1 N–H and O–H groups in total. The predicted octanol–water partition coefficient (Wildman–Crippen LogP) is 2.97. The number of nitrogens with one attached hydrogen (secondary N) is 1. The van der Waals surface area contributed by atoms with Gasteiger partial charge in [0.15, 0.2) is 5.65 Å². The van der Waals surface area contributed by atoms with Crippen LogP contribution in [0.5, 0.6) is 5.75 Å². The molecule has 0 radical (unpaired) electrons. The van der Waals surface area contributed by atoms with Gasteiger partial charge in [-0.1, -0.05) is 0 Å². The molecule has 4 aromatic rings. The van der Waals surface area contributed by atoms with Gasteiger partial charge < -0.3 is 10.1 Å². The van der Waals surface area contributed by atoms with Crippen LogP contribution in [-0.4, -0.2) is 36.9 Å². The average molecular weight is 376 g/mol. The normalized spacial score (nSPS) is 13.9. The molecule has 1 aliphatic carbocycles. The Morgan fingerprint density at radius 3 is 2.96 bits per heavy atom. The molecule has 3 heterocycles. The number of hydrogen-bond acceptors (Lipinski definition) is 5. The van der Waals surface area contributed by atoms with Gasteiger partial charge in [-0.25, -0.2) is 9.50 Å². The zero-order chi connectivity index (χ0) is 19.3. The summed E-state index contributed by atoms with van der Waals surface area (Å²) in [5.74, 6) is 0.965. The molecule has 3 aromatic heterocycles. The van der Waals surface area contributed by atoms with Crippen molar-refractivity contribution in [1.82, 2.24) is 24.4 Å². The summed E-state index contributed by atoms with van der Waals surface area (Å²) in [6.07, 6.45) is 9.40. The molecular formula is C20H20N6O2. The number of ether oxygens (including phenoxy) is 1. The van der Waals surface area contributed by atoms with E-state index in [0.717, 1.165) is 16.5 Å². The van der Waals surface area contributed by atoms with Gasteiger partial charge >= 0.3 is 0 Å². The van der Waals surface area contributed by atoms with Crippen molar-refractivity contribution < 1.29 is 9.53 Å². The van der Waals surface area contributed by atoms with Gasteiger partial charge in [0, 0.05) is 37.1 Å². The van der Waals surface area contributed by atoms with Crippen LogP contribution in [0.2, 0.25) is 0 Å². The smallest absolute Gasteiger partial charge is 0.261 e. The minimum atomic E-state index is -0.272. The van der Waals surface area contributed by atoms with Crippen LogP contribution >= 0.6 is 0 Å². The Morgan fingerprint density at radius 2 is 2.14 bits per heavy atom. The van der Waals surface area contributed by atoms with E-state index in [1.807, 2.05) is 38.5 Å². The lowest BCUT2D eigenvalue weighted by molar-refractivity contribution is 0.102. The van der Waals surface area contributed by atoms with Gasteiger partial charge in [-0.3, -0.25) is 9.48 Å². The number of fused-ring (bicyclic) bond motifs is 2. The third-order valence-corrected chi connectivity index (χ3v) is 4.87. The van der Waals surface area contributed by atoms with E-state index in [-0.39, 0.29) is 5.91 Å². The van der Waals surface area contributed by atoms with E-state index in [0.29, 0.717) is 35.2 Å². The molecule has 1 saturated carbocycles. The van der Waals surface area contributed by atoms with Crippen molar-refractivity contribution in [2.75, 3.05) is 11.9 Å². The molecule has 1 aliphatic rings.